The predicted molar refractivity (Wildman–Crippen MR) is 54.0 cm³/mol. The Morgan fingerprint density at radius 2 is 2.43 bits per heavy atom. The first-order chi connectivity index (χ1) is 6.81. The van der Waals surface area contributed by atoms with E-state index in [1.165, 1.54) is 0 Å². The van der Waals surface area contributed by atoms with E-state index < -0.39 is 0 Å². The lowest BCUT2D eigenvalue weighted by Gasteiger charge is -2.03. The third-order valence-electron chi connectivity index (χ3n) is 1.81. The quantitative estimate of drug-likeness (QED) is 0.741. The van der Waals surface area contributed by atoms with Crippen LogP contribution >= 0.6 is 0 Å². The van der Waals surface area contributed by atoms with Crippen molar-refractivity contribution in [2.75, 3.05) is 17.6 Å². The van der Waals surface area contributed by atoms with Gasteiger partial charge in [0, 0.05) is 18.9 Å². The van der Waals surface area contributed by atoms with Crippen LogP contribution in [0.25, 0.3) is 5.65 Å². The van der Waals surface area contributed by atoms with Crippen molar-refractivity contribution >= 4 is 17.4 Å². The van der Waals surface area contributed by atoms with Crippen molar-refractivity contribution < 1.29 is 0 Å². The number of nitrogens with zero attached hydrogens (tertiary/aromatic N) is 4. The fourth-order valence-corrected chi connectivity index (χ4v) is 1.16. The van der Waals surface area contributed by atoms with Crippen LogP contribution in [-0.4, -0.2) is 26.1 Å². The highest BCUT2D eigenvalue weighted by atomic mass is 15.3. The molecule has 6 heteroatoms. The molecule has 6 nitrogen and oxygen atoms in total. The Bertz CT molecular complexity index is 434. The molecule has 2 rings (SSSR count). The lowest BCUT2D eigenvalue weighted by molar-refractivity contribution is 0.877. The Balaban J connectivity index is 2.38. The molecule has 2 aromatic rings. The second kappa shape index (κ2) is 3.49. The van der Waals surface area contributed by atoms with E-state index in [2.05, 4.69) is 27.3 Å². The van der Waals surface area contributed by atoms with E-state index in [0.717, 1.165) is 13.0 Å². The van der Waals surface area contributed by atoms with Gasteiger partial charge in [-0.1, -0.05) is 6.92 Å². The Hall–Kier alpha value is -1.85. The average Bonchev–Trinajstić information content (AvgIpc) is 2.63. The van der Waals surface area contributed by atoms with Gasteiger partial charge in [0.15, 0.2) is 11.5 Å². The molecule has 0 aromatic carbocycles. The van der Waals surface area contributed by atoms with E-state index in [-0.39, 0.29) is 0 Å². The molecule has 2 aromatic heterocycles. The highest BCUT2D eigenvalue weighted by Gasteiger charge is 2.04. The monoisotopic (exact) mass is 192 g/mol. The fourth-order valence-electron chi connectivity index (χ4n) is 1.16. The summed E-state index contributed by atoms with van der Waals surface area (Å²) in [7, 11) is 0. The minimum Gasteiger partial charge on any atom is -0.380 e. The van der Waals surface area contributed by atoms with Gasteiger partial charge in [0.1, 0.15) is 0 Å². The van der Waals surface area contributed by atoms with Crippen LogP contribution in [0.15, 0.2) is 12.4 Å². The molecule has 0 aliphatic heterocycles. The number of hydrogen-bond donors (Lipinski definition) is 2. The van der Waals surface area contributed by atoms with Crippen LogP contribution in [-0.2, 0) is 0 Å². The molecule has 14 heavy (non-hydrogen) atoms. The van der Waals surface area contributed by atoms with Gasteiger partial charge in [-0.2, -0.15) is 4.98 Å². The zero-order valence-corrected chi connectivity index (χ0v) is 7.94. The SMILES string of the molecule is CCCNc1nc(N)c2nccn2n1. The van der Waals surface area contributed by atoms with Crippen LogP contribution in [0.4, 0.5) is 11.8 Å². The van der Waals surface area contributed by atoms with E-state index in [1.54, 1.807) is 16.9 Å². The number of aromatic nitrogens is 4. The van der Waals surface area contributed by atoms with Crippen LogP contribution in [0.3, 0.4) is 0 Å². The van der Waals surface area contributed by atoms with Gasteiger partial charge >= 0.3 is 0 Å². The number of nitrogen functional groups attached to an aromatic ring is 1. The minimum absolute atomic E-state index is 0.392. The lowest BCUT2D eigenvalue weighted by atomic mass is 10.5. The molecule has 0 saturated heterocycles. The molecular formula is C8H12N6. The van der Waals surface area contributed by atoms with Crippen LogP contribution in [0, 0.1) is 0 Å². The molecule has 0 atom stereocenters. The van der Waals surface area contributed by atoms with Gasteiger partial charge in [0.25, 0.3) is 0 Å². The van der Waals surface area contributed by atoms with Crippen molar-refractivity contribution in [3.05, 3.63) is 12.4 Å². The van der Waals surface area contributed by atoms with Crippen LogP contribution in [0.1, 0.15) is 13.3 Å². The lowest BCUT2D eigenvalue weighted by Crippen LogP contribution is -2.09. The second-order valence-electron chi connectivity index (χ2n) is 2.94. The van der Waals surface area contributed by atoms with E-state index in [9.17, 15) is 0 Å². The maximum Gasteiger partial charge on any atom is 0.243 e. The number of anilines is 2. The standard InChI is InChI=1S/C8H12N6/c1-2-3-11-8-12-6(9)7-10-4-5-14(7)13-8/h4-5H,2-3H2,1H3,(H3,9,11,12,13). The first-order valence-electron chi connectivity index (χ1n) is 4.52. The molecule has 0 fully saturated rings. The van der Waals surface area contributed by atoms with E-state index in [0.29, 0.717) is 17.4 Å². The first-order valence-corrected chi connectivity index (χ1v) is 4.52. The molecule has 0 saturated carbocycles. The van der Waals surface area contributed by atoms with Crippen molar-refractivity contribution in [1.29, 1.82) is 0 Å². The van der Waals surface area contributed by atoms with E-state index in [4.69, 9.17) is 5.73 Å². The Morgan fingerprint density at radius 3 is 3.21 bits per heavy atom. The normalized spacial score (nSPS) is 10.6. The first kappa shape index (κ1) is 8.74. The summed E-state index contributed by atoms with van der Waals surface area (Å²) >= 11 is 0. The highest BCUT2D eigenvalue weighted by Crippen LogP contribution is 2.09. The van der Waals surface area contributed by atoms with E-state index >= 15 is 0 Å². The summed E-state index contributed by atoms with van der Waals surface area (Å²) < 4.78 is 1.61. The Labute approximate surface area is 81.2 Å². The van der Waals surface area contributed by atoms with Gasteiger partial charge in [-0.05, 0) is 6.42 Å². The van der Waals surface area contributed by atoms with Gasteiger partial charge in [0.05, 0.1) is 0 Å². The number of imidazole rings is 1. The summed E-state index contributed by atoms with van der Waals surface area (Å²) in [5.74, 6) is 0.929. The summed E-state index contributed by atoms with van der Waals surface area (Å²) in [4.78, 5) is 8.11. The van der Waals surface area contributed by atoms with Crippen molar-refractivity contribution in [3.63, 3.8) is 0 Å². The molecule has 3 N–H and O–H groups in total. The van der Waals surface area contributed by atoms with Gasteiger partial charge in [-0.25, -0.2) is 9.50 Å². The van der Waals surface area contributed by atoms with Crippen molar-refractivity contribution in [2.45, 2.75) is 13.3 Å². The third-order valence-corrected chi connectivity index (χ3v) is 1.81. The molecular weight excluding hydrogens is 180 g/mol. The molecule has 2 heterocycles. The molecule has 0 amide bonds. The minimum atomic E-state index is 0.392. The molecule has 0 radical (unpaired) electrons. The van der Waals surface area contributed by atoms with Crippen molar-refractivity contribution in [3.8, 4) is 0 Å². The molecule has 74 valence electrons. The predicted octanol–water partition coefficient (Wildman–Crippen LogP) is 0.528. The maximum atomic E-state index is 5.70. The average molecular weight is 192 g/mol. The van der Waals surface area contributed by atoms with Gasteiger partial charge < -0.3 is 11.1 Å². The molecule has 0 bridgehead atoms. The largest absolute Gasteiger partial charge is 0.380 e. The molecule has 0 aliphatic carbocycles. The summed E-state index contributed by atoms with van der Waals surface area (Å²) in [5.41, 5.74) is 6.29. The highest BCUT2D eigenvalue weighted by molar-refractivity contribution is 5.60. The Kier molecular flexibility index (Phi) is 2.18. The number of nitrogens with two attached hydrogens (primary N) is 1. The zero-order chi connectivity index (χ0) is 9.97. The molecule has 0 aliphatic rings. The summed E-state index contributed by atoms with van der Waals surface area (Å²) in [5, 5.41) is 7.25. The number of nitrogens with one attached hydrogen (secondary N) is 1. The Morgan fingerprint density at radius 1 is 1.57 bits per heavy atom. The third kappa shape index (κ3) is 1.46. The zero-order valence-electron chi connectivity index (χ0n) is 7.94. The maximum absolute atomic E-state index is 5.70. The summed E-state index contributed by atoms with van der Waals surface area (Å²) in [6.07, 6.45) is 4.40. The van der Waals surface area contributed by atoms with Gasteiger partial charge in [-0.15, -0.1) is 5.10 Å². The van der Waals surface area contributed by atoms with Crippen molar-refractivity contribution in [1.82, 2.24) is 19.6 Å². The molecule has 0 spiro atoms. The molecule has 0 unspecified atom stereocenters. The van der Waals surface area contributed by atoms with E-state index in [1.807, 2.05) is 0 Å². The van der Waals surface area contributed by atoms with Crippen LogP contribution in [0.5, 0.6) is 0 Å². The summed E-state index contributed by atoms with van der Waals surface area (Å²) in [6, 6.07) is 0. The smallest absolute Gasteiger partial charge is 0.243 e. The van der Waals surface area contributed by atoms with Gasteiger partial charge in [-0.3, -0.25) is 0 Å². The van der Waals surface area contributed by atoms with Crippen LogP contribution in [0.2, 0.25) is 0 Å². The van der Waals surface area contributed by atoms with Gasteiger partial charge in [0.2, 0.25) is 5.95 Å². The number of rotatable bonds is 3. The number of fused-ring (bicyclic) bond motifs is 1. The van der Waals surface area contributed by atoms with Crippen LogP contribution < -0.4 is 11.1 Å². The van der Waals surface area contributed by atoms with Crippen molar-refractivity contribution in [2.24, 2.45) is 0 Å². The second-order valence-corrected chi connectivity index (χ2v) is 2.94. The topological polar surface area (TPSA) is 81.1 Å². The fraction of sp³-hybridized carbons (Fsp3) is 0.375. The number of hydrogen-bond acceptors (Lipinski definition) is 5. The summed E-state index contributed by atoms with van der Waals surface area (Å²) in [6.45, 7) is 2.91.